The maximum atomic E-state index is 5.20. The highest BCUT2D eigenvalue weighted by Crippen LogP contribution is 2.28. The summed E-state index contributed by atoms with van der Waals surface area (Å²) in [7, 11) is 1.67. The van der Waals surface area contributed by atoms with Crippen LogP contribution in [0.3, 0.4) is 0 Å². The van der Waals surface area contributed by atoms with Crippen molar-refractivity contribution in [2.45, 2.75) is 6.92 Å². The fourth-order valence-corrected chi connectivity index (χ4v) is 2.97. The number of pyridine rings is 1. The smallest absolute Gasteiger partial charge is 0.119 e. The average Bonchev–Trinajstić information content (AvgIpc) is 2.70. The van der Waals surface area contributed by atoms with Crippen LogP contribution in [0.15, 0.2) is 79.0 Å². The molecule has 0 atom stereocenters. The maximum absolute atomic E-state index is 5.20. The van der Waals surface area contributed by atoms with E-state index < -0.39 is 0 Å². The number of aromatic nitrogens is 1. The molecular weight excluding hydrogens is 334 g/mol. The van der Waals surface area contributed by atoms with Crippen molar-refractivity contribution in [3.63, 3.8) is 0 Å². The predicted octanol–water partition coefficient (Wildman–Crippen LogP) is 6.04. The van der Waals surface area contributed by atoms with E-state index in [1.165, 1.54) is 5.56 Å². The third-order valence-corrected chi connectivity index (χ3v) is 4.45. The first-order chi connectivity index (χ1) is 13.2. The van der Waals surface area contributed by atoms with Crippen molar-refractivity contribution in [1.29, 1.82) is 0 Å². The fourth-order valence-electron chi connectivity index (χ4n) is 2.97. The molecule has 0 bridgehead atoms. The van der Waals surface area contributed by atoms with E-state index in [0.717, 1.165) is 39.4 Å². The number of rotatable bonds is 5. The van der Waals surface area contributed by atoms with Crippen LogP contribution in [0.4, 0.5) is 22.7 Å². The van der Waals surface area contributed by atoms with Gasteiger partial charge in [-0.3, -0.25) is 4.98 Å². The minimum Gasteiger partial charge on any atom is -0.497 e. The monoisotopic (exact) mass is 355 g/mol. The van der Waals surface area contributed by atoms with Gasteiger partial charge < -0.3 is 15.4 Å². The van der Waals surface area contributed by atoms with Crippen LogP contribution >= 0.6 is 0 Å². The number of methoxy groups -OCH3 is 1. The number of hydrogen-bond donors (Lipinski definition) is 2. The van der Waals surface area contributed by atoms with Gasteiger partial charge in [0.05, 0.1) is 12.6 Å². The molecule has 134 valence electrons. The SMILES string of the molecule is COc1ccc(Nc2ccc3c(Nc4ccc(C)cc4)ccnc3c2)cc1. The van der Waals surface area contributed by atoms with Crippen molar-refractivity contribution in [2.24, 2.45) is 0 Å². The van der Waals surface area contributed by atoms with Crippen molar-refractivity contribution >= 4 is 33.7 Å². The van der Waals surface area contributed by atoms with Crippen LogP contribution in [0.25, 0.3) is 10.9 Å². The molecule has 4 nitrogen and oxygen atoms in total. The van der Waals surface area contributed by atoms with Crippen LogP contribution in [0.1, 0.15) is 5.56 Å². The van der Waals surface area contributed by atoms with E-state index in [0.29, 0.717) is 0 Å². The van der Waals surface area contributed by atoms with Crippen LogP contribution in [0.2, 0.25) is 0 Å². The van der Waals surface area contributed by atoms with Crippen LogP contribution in [0, 0.1) is 6.92 Å². The molecule has 0 saturated heterocycles. The molecule has 4 aromatic rings. The molecule has 0 aliphatic rings. The first-order valence-electron chi connectivity index (χ1n) is 8.85. The Kier molecular flexibility index (Phi) is 4.62. The van der Waals surface area contributed by atoms with Gasteiger partial charge in [-0.1, -0.05) is 17.7 Å². The summed E-state index contributed by atoms with van der Waals surface area (Å²) < 4.78 is 5.20. The molecule has 0 unspecified atom stereocenters. The van der Waals surface area contributed by atoms with E-state index in [2.05, 4.69) is 65.0 Å². The Morgan fingerprint density at radius 3 is 2.15 bits per heavy atom. The third-order valence-electron chi connectivity index (χ3n) is 4.45. The van der Waals surface area contributed by atoms with Gasteiger partial charge in [0, 0.05) is 34.3 Å². The number of benzene rings is 3. The normalized spacial score (nSPS) is 10.6. The summed E-state index contributed by atoms with van der Waals surface area (Å²) in [5, 5.41) is 7.97. The van der Waals surface area contributed by atoms with Crippen molar-refractivity contribution < 1.29 is 4.74 Å². The molecule has 1 aromatic heterocycles. The molecule has 0 amide bonds. The molecule has 4 heteroatoms. The zero-order chi connectivity index (χ0) is 18.6. The summed E-state index contributed by atoms with van der Waals surface area (Å²) >= 11 is 0. The van der Waals surface area contributed by atoms with E-state index in [9.17, 15) is 0 Å². The molecular formula is C23H21N3O. The van der Waals surface area contributed by atoms with Crippen molar-refractivity contribution in [1.82, 2.24) is 4.98 Å². The Morgan fingerprint density at radius 1 is 0.741 bits per heavy atom. The van der Waals surface area contributed by atoms with Gasteiger partial charge in [0.15, 0.2) is 0 Å². The van der Waals surface area contributed by atoms with Gasteiger partial charge in [0.25, 0.3) is 0 Å². The summed E-state index contributed by atoms with van der Waals surface area (Å²) in [6.45, 7) is 2.09. The third kappa shape index (κ3) is 3.85. The number of nitrogens with zero attached hydrogens (tertiary/aromatic N) is 1. The highest BCUT2D eigenvalue weighted by atomic mass is 16.5. The zero-order valence-electron chi connectivity index (χ0n) is 15.4. The van der Waals surface area contributed by atoms with Gasteiger partial charge in [-0.2, -0.15) is 0 Å². The maximum Gasteiger partial charge on any atom is 0.119 e. The molecule has 0 saturated carbocycles. The Hall–Kier alpha value is -3.53. The Bertz CT molecular complexity index is 1060. The summed E-state index contributed by atoms with van der Waals surface area (Å²) in [5.74, 6) is 0.840. The second kappa shape index (κ2) is 7.38. The van der Waals surface area contributed by atoms with Crippen LogP contribution < -0.4 is 15.4 Å². The number of nitrogens with one attached hydrogen (secondary N) is 2. The van der Waals surface area contributed by atoms with Gasteiger partial charge in [-0.05, 0) is 67.6 Å². The lowest BCUT2D eigenvalue weighted by Gasteiger charge is -2.12. The fraction of sp³-hybridized carbons (Fsp3) is 0.0870. The molecule has 0 aliphatic heterocycles. The van der Waals surface area contributed by atoms with Gasteiger partial charge in [-0.15, -0.1) is 0 Å². The van der Waals surface area contributed by atoms with Crippen molar-refractivity contribution in [2.75, 3.05) is 17.7 Å². The minimum atomic E-state index is 0.840. The molecule has 27 heavy (non-hydrogen) atoms. The lowest BCUT2D eigenvalue weighted by atomic mass is 10.1. The van der Waals surface area contributed by atoms with E-state index in [-0.39, 0.29) is 0 Å². The van der Waals surface area contributed by atoms with E-state index in [4.69, 9.17) is 4.74 Å². The number of hydrogen-bond acceptors (Lipinski definition) is 4. The first-order valence-corrected chi connectivity index (χ1v) is 8.85. The Balaban J connectivity index is 1.60. The summed E-state index contributed by atoms with van der Waals surface area (Å²) in [6.07, 6.45) is 1.83. The number of anilines is 4. The van der Waals surface area contributed by atoms with Crippen LogP contribution in [-0.2, 0) is 0 Å². The lowest BCUT2D eigenvalue weighted by Crippen LogP contribution is -1.94. The molecule has 4 rings (SSSR count). The topological polar surface area (TPSA) is 46.2 Å². The van der Waals surface area contributed by atoms with E-state index >= 15 is 0 Å². The number of aryl methyl sites for hydroxylation is 1. The molecule has 0 spiro atoms. The van der Waals surface area contributed by atoms with Gasteiger partial charge in [-0.25, -0.2) is 0 Å². The number of ether oxygens (including phenoxy) is 1. The highest BCUT2D eigenvalue weighted by molar-refractivity contribution is 5.94. The molecule has 0 radical (unpaired) electrons. The molecule has 0 fully saturated rings. The van der Waals surface area contributed by atoms with E-state index in [1.54, 1.807) is 7.11 Å². The zero-order valence-corrected chi connectivity index (χ0v) is 15.4. The van der Waals surface area contributed by atoms with Gasteiger partial charge in [0.2, 0.25) is 0 Å². The van der Waals surface area contributed by atoms with Crippen molar-refractivity contribution in [3.05, 3.63) is 84.6 Å². The summed E-state index contributed by atoms with van der Waals surface area (Å²) in [5.41, 5.74) is 6.28. The quantitative estimate of drug-likeness (QED) is 0.458. The van der Waals surface area contributed by atoms with Gasteiger partial charge >= 0.3 is 0 Å². The van der Waals surface area contributed by atoms with Crippen LogP contribution in [0.5, 0.6) is 5.75 Å². The summed E-state index contributed by atoms with van der Waals surface area (Å²) in [6, 6.07) is 24.4. The second-order valence-electron chi connectivity index (χ2n) is 6.43. The minimum absolute atomic E-state index is 0.840. The molecule has 3 aromatic carbocycles. The molecule has 1 heterocycles. The second-order valence-corrected chi connectivity index (χ2v) is 6.43. The molecule has 0 aliphatic carbocycles. The van der Waals surface area contributed by atoms with Crippen molar-refractivity contribution in [3.8, 4) is 5.75 Å². The first kappa shape index (κ1) is 16.9. The largest absolute Gasteiger partial charge is 0.497 e. The lowest BCUT2D eigenvalue weighted by molar-refractivity contribution is 0.415. The van der Waals surface area contributed by atoms with Gasteiger partial charge in [0.1, 0.15) is 5.75 Å². The number of fused-ring (bicyclic) bond motifs is 1. The molecule has 2 N–H and O–H groups in total. The van der Waals surface area contributed by atoms with E-state index in [1.807, 2.05) is 36.5 Å². The van der Waals surface area contributed by atoms with Crippen LogP contribution in [-0.4, -0.2) is 12.1 Å². The Labute approximate surface area is 158 Å². The highest BCUT2D eigenvalue weighted by Gasteiger charge is 2.05. The standard InChI is InChI=1S/C23H21N3O/c1-16-3-5-18(6-4-16)26-22-13-14-24-23-15-19(9-12-21(22)23)25-17-7-10-20(27-2)11-8-17/h3-15,25H,1-2H3,(H,24,26). The average molecular weight is 355 g/mol. The summed E-state index contributed by atoms with van der Waals surface area (Å²) in [4.78, 5) is 4.53. The predicted molar refractivity (Wildman–Crippen MR) is 112 cm³/mol. The Morgan fingerprint density at radius 2 is 1.41 bits per heavy atom.